The molecule has 2 amide bonds. The molecule has 6 atom stereocenters. The Kier molecular flexibility index (Phi) is 6.66. The molecular weight excluding hydrogens is 507 g/mol. The molecule has 1 saturated heterocycles. The molecular formula is C31H39BN2O6. The molecule has 1 N–H and O–H groups in total. The first-order valence-electron chi connectivity index (χ1n) is 14.5. The maximum Gasteiger partial charge on any atom is 0.482 e. The molecule has 2 aromatic rings. The summed E-state index contributed by atoms with van der Waals surface area (Å²) in [4.78, 5) is 27.4. The first-order chi connectivity index (χ1) is 19.1. The number of nitrogens with zero attached hydrogens (tertiary/aromatic N) is 1. The average Bonchev–Trinajstić information content (AvgIpc) is 3.65. The summed E-state index contributed by atoms with van der Waals surface area (Å²) < 4.78 is 24.9. The van der Waals surface area contributed by atoms with E-state index < -0.39 is 30.3 Å². The van der Waals surface area contributed by atoms with Crippen LogP contribution in [-0.4, -0.2) is 53.8 Å². The summed E-state index contributed by atoms with van der Waals surface area (Å²) in [6, 6.07) is 7.86. The minimum atomic E-state index is -0.631. The Balaban J connectivity index is 1.21. The van der Waals surface area contributed by atoms with E-state index in [2.05, 4.69) is 32.7 Å². The van der Waals surface area contributed by atoms with Gasteiger partial charge in [-0.1, -0.05) is 51.6 Å². The Labute approximate surface area is 236 Å². The predicted molar refractivity (Wildman–Crippen MR) is 152 cm³/mol. The lowest BCUT2D eigenvalue weighted by Crippen LogP contribution is -2.65. The molecule has 0 radical (unpaired) electrons. The van der Waals surface area contributed by atoms with Crippen molar-refractivity contribution >= 4 is 30.1 Å². The van der Waals surface area contributed by atoms with Gasteiger partial charge in [0, 0.05) is 11.6 Å². The Bertz CT molecular complexity index is 1350. The number of rotatable bonds is 8. The number of amides is 2. The van der Waals surface area contributed by atoms with Crippen LogP contribution in [0.4, 0.5) is 4.79 Å². The first-order valence-corrected chi connectivity index (χ1v) is 14.5. The van der Waals surface area contributed by atoms with E-state index in [1.165, 1.54) is 6.08 Å². The van der Waals surface area contributed by atoms with Gasteiger partial charge in [-0.05, 0) is 74.0 Å². The highest BCUT2D eigenvalue weighted by molar-refractivity contribution is 6.48. The second-order valence-electron chi connectivity index (χ2n) is 12.7. The highest BCUT2D eigenvalue weighted by Gasteiger charge is 2.68. The number of ether oxygens (including phenoxy) is 1. The van der Waals surface area contributed by atoms with Crippen LogP contribution in [0.3, 0.4) is 0 Å². The lowest BCUT2D eigenvalue weighted by atomic mass is 9.43. The molecule has 3 saturated carbocycles. The maximum absolute atomic E-state index is 13.3. The fourth-order valence-corrected chi connectivity index (χ4v) is 7.69. The third-order valence-electron chi connectivity index (χ3n) is 10.4. The number of para-hydroxylation sites is 1. The zero-order valence-corrected chi connectivity index (χ0v) is 23.9. The third kappa shape index (κ3) is 4.20. The monoisotopic (exact) mass is 546 g/mol. The Hall–Kier alpha value is -3.04. The molecule has 0 unspecified atom stereocenters. The van der Waals surface area contributed by atoms with E-state index in [0.717, 1.165) is 29.4 Å². The lowest BCUT2D eigenvalue weighted by Gasteiger charge is -2.64. The summed E-state index contributed by atoms with van der Waals surface area (Å²) in [7, 11) is -0.626. The fourth-order valence-electron chi connectivity index (χ4n) is 7.69. The number of benzene rings is 1. The van der Waals surface area contributed by atoms with Gasteiger partial charge in [-0.3, -0.25) is 4.79 Å². The van der Waals surface area contributed by atoms with Crippen molar-refractivity contribution in [3.63, 3.8) is 0 Å². The molecule has 5 aliphatic rings. The van der Waals surface area contributed by atoms with Crippen molar-refractivity contribution < 1.29 is 28.1 Å². The molecule has 9 heteroatoms. The van der Waals surface area contributed by atoms with Gasteiger partial charge < -0.3 is 28.7 Å². The summed E-state index contributed by atoms with van der Waals surface area (Å²) in [5.41, 5.74) is 0.934. The van der Waals surface area contributed by atoms with E-state index in [0.29, 0.717) is 31.1 Å². The van der Waals surface area contributed by atoms with E-state index in [1.54, 1.807) is 17.4 Å². The summed E-state index contributed by atoms with van der Waals surface area (Å²) in [5.74, 6) is 0.318. The van der Waals surface area contributed by atoms with Gasteiger partial charge in [-0.15, -0.1) is 0 Å². The van der Waals surface area contributed by atoms with Crippen LogP contribution in [0.15, 0.2) is 59.9 Å². The van der Waals surface area contributed by atoms with Gasteiger partial charge in [0.05, 0.1) is 29.4 Å². The zero-order valence-electron chi connectivity index (χ0n) is 23.9. The van der Waals surface area contributed by atoms with E-state index in [9.17, 15) is 9.59 Å². The molecule has 7 rings (SSSR count). The second kappa shape index (κ2) is 9.81. The average molecular weight is 546 g/mol. The van der Waals surface area contributed by atoms with Crippen molar-refractivity contribution in [2.75, 3.05) is 6.61 Å². The smallest absolute Gasteiger partial charge is 0.464 e. The summed E-state index contributed by atoms with van der Waals surface area (Å²) >= 11 is 0. The zero-order chi connectivity index (χ0) is 28.3. The number of carbonyl (C=O) groups is 2. The van der Waals surface area contributed by atoms with Crippen molar-refractivity contribution in [2.45, 2.75) is 83.0 Å². The molecule has 8 nitrogen and oxygen atoms in total. The van der Waals surface area contributed by atoms with Crippen LogP contribution in [0.2, 0.25) is 0 Å². The van der Waals surface area contributed by atoms with Crippen LogP contribution in [0.5, 0.6) is 0 Å². The molecule has 1 aromatic carbocycles. The van der Waals surface area contributed by atoms with Crippen molar-refractivity contribution in [3.05, 3.63) is 61.0 Å². The Morgan fingerprint density at radius 3 is 2.83 bits per heavy atom. The van der Waals surface area contributed by atoms with Gasteiger partial charge in [0.1, 0.15) is 12.2 Å². The molecule has 3 heterocycles. The van der Waals surface area contributed by atoms with E-state index in [4.69, 9.17) is 18.5 Å². The Morgan fingerprint density at radius 2 is 2.08 bits per heavy atom. The van der Waals surface area contributed by atoms with Crippen molar-refractivity contribution in [1.29, 1.82) is 0 Å². The summed E-state index contributed by atoms with van der Waals surface area (Å²) in [6.45, 7) is 12.5. The van der Waals surface area contributed by atoms with Gasteiger partial charge in [0.25, 0.3) is 5.91 Å². The molecule has 1 aromatic heterocycles. The van der Waals surface area contributed by atoms with Crippen LogP contribution in [0.1, 0.15) is 58.9 Å². The van der Waals surface area contributed by atoms with Crippen LogP contribution < -0.4 is 5.32 Å². The van der Waals surface area contributed by atoms with Crippen molar-refractivity contribution in [1.82, 2.24) is 10.2 Å². The molecule has 40 heavy (non-hydrogen) atoms. The molecule has 2 aliphatic heterocycles. The van der Waals surface area contributed by atoms with Gasteiger partial charge in [-0.25, -0.2) is 4.79 Å². The minimum Gasteiger partial charge on any atom is -0.464 e. The number of furan rings is 1. The number of carbonyl (C=O) groups excluding carboxylic acids is 2. The van der Waals surface area contributed by atoms with E-state index in [-0.39, 0.29) is 24.0 Å². The number of fused-ring (bicyclic) bond motifs is 1. The lowest BCUT2D eigenvalue weighted by molar-refractivity contribution is -0.199. The van der Waals surface area contributed by atoms with Crippen LogP contribution in [0.25, 0.3) is 11.0 Å². The van der Waals surface area contributed by atoms with Crippen LogP contribution >= 0.6 is 0 Å². The van der Waals surface area contributed by atoms with E-state index in [1.807, 2.05) is 37.3 Å². The molecule has 4 fully saturated rings. The SMILES string of the molecule is C=CC(=O)N1C=CC[C@]1(CC)COC(=O)N[C@@H](Cc1coc2ccccc12)B1O[C@@H]2C[C@@H]3C[C@@H](C3(C)C)[C@]2(C)O1. The highest BCUT2D eigenvalue weighted by Crippen LogP contribution is 2.65. The molecule has 2 bridgehead atoms. The highest BCUT2D eigenvalue weighted by atomic mass is 16.7. The Morgan fingerprint density at radius 1 is 1.27 bits per heavy atom. The molecule has 0 spiro atoms. The largest absolute Gasteiger partial charge is 0.482 e. The van der Waals surface area contributed by atoms with Crippen LogP contribution in [-0.2, 0) is 25.3 Å². The maximum atomic E-state index is 13.3. The van der Waals surface area contributed by atoms with Gasteiger partial charge in [0.15, 0.2) is 0 Å². The van der Waals surface area contributed by atoms with Gasteiger partial charge in [0.2, 0.25) is 0 Å². The standard InChI is InChI=1S/C31H39BN2O6/c1-6-27(35)34-14-10-13-31(34,7-2)19-38-28(36)33-26(15-20-18-37-23-12-9-8-11-22(20)23)32-39-25-17-21-16-24(29(21,3)4)30(25,5)40-32/h6,8-12,14,18,21,24-26H,1,7,13,15-17,19H2,2-5H3,(H,33,36)/t21-,24-,25+,26-,30-,31+/m0/s1. The van der Waals surface area contributed by atoms with Gasteiger partial charge in [-0.2, -0.15) is 0 Å². The number of nitrogens with one attached hydrogen (secondary N) is 1. The fraction of sp³-hybridized carbons (Fsp3) is 0.548. The molecule has 212 valence electrons. The third-order valence-corrected chi connectivity index (χ3v) is 10.4. The van der Waals surface area contributed by atoms with Crippen molar-refractivity contribution in [2.24, 2.45) is 17.3 Å². The van der Waals surface area contributed by atoms with Crippen LogP contribution in [0, 0.1) is 17.3 Å². The predicted octanol–water partition coefficient (Wildman–Crippen LogP) is 5.42. The number of hydrogen-bond donors (Lipinski definition) is 1. The quantitative estimate of drug-likeness (QED) is 0.352. The minimum absolute atomic E-state index is 0.0120. The van der Waals surface area contributed by atoms with Gasteiger partial charge >= 0.3 is 13.2 Å². The first kappa shape index (κ1) is 27.2. The van der Waals surface area contributed by atoms with E-state index >= 15 is 0 Å². The summed E-state index contributed by atoms with van der Waals surface area (Å²) in [5, 5.41) is 4.06. The topological polar surface area (TPSA) is 90.2 Å². The number of hydrogen-bond acceptors (Lipinski definition) is 6. The second-order valence-corrected chi connectivity index (χ2v) is 12.7. The van der Waals surface area contributed by atoms with Crippen molar-refractivity contribution in [3.8, 4) is 0 Å². The normalized spacial score (nSPS) is 32.5. The number of alkyl carbamates (subject to hydrolysis) is 1. The molecule has 3 aliphatic carbocycles. The summed E-state index contributed by atoms with van der Waals surface area (Å²) in [6.07, 6.45) is 9.91.